The maximum absolute atomic E-state index is 12.3. The molecule has 3 nitrogen and oxygen atoms in total. The maximum Gasteiger partial charge on any atom is 0.234 e. The number of carbonyl (C=O) groups is 2. The van der Waals surface area contributed by atoms with Crippen LogP contribution in [0.3, 0.4) is 0 Å². The topological polar surface area (TPSA) is 46.2 Å². The Labute approximate surface area is 114 Å². The molecule has 0 radical (unpaired) electrons. The monoisotopic (exact) mass is 259 g/mol. The molecule has 0 aromatic heterocycles. The van der Waals surface area contributed by atoms with Gasteiger partial charge in [-0.25, -0.2) is 0 Å². The van der Waals surface area contributed by atoms with Gasteiger partial charge in [0, 0.05) is 6.42 Å². The van der Waals surface area contributed by atoms with Crippen molar-refractivity contribution in [3.8, 4) is 0 Å². The first-order chi connectivity index (χ1) is 8.96. The lowest BCUT2D eigenvalue weighted by Crippen LogP contribution is -2.49. The van der Waals surface area contributed by atoms with Crippen molar-refractivity contribution in [2.75, 3.05) is 0 Å². The molecule has 2 amide bonds. The average Bonchev–Trinajstić information content (AvgIpc) is 2.27. The van der Waals surface area contributed by atoms with E-state index in [4.69, 9.17) is 0 Å². The van der Waals surface area contributed by atoms with E-state index in [0.29, 0.717) is 6.42 Å². The van der Waals surface area contributed by atoms with E-state index in [0.717, 1.165) is 24.0 Å². The molecule has 2 rings (SSSR count). The summed E-state index contributed by atoms with van der Waals surface area (Å²) in [5, 5.41) is 2.48. The first kappa shape index (κ1) is 13.8. The van der Waals surface area contributed by atoms with Crippen LogP contribution in [0.15, 0.2) is 24.3 Å². The number of piperidine rings is 1. The van der Waals surface area contributed by atoms with Crippen molar-refractivity contribution in [2.45, 2.75) is 46.0 Å². The van der Waals surface area contributed by atoms with Gasteiger partial charge in [0.25, 0.3) is 0 Å². The zero-order chi connectivity index (χ0) is 14.0. The van der Waals surface area contributed by atoms with Gasteiger partial charge in [-0.2, -0.15) is 0 Å². The van der Waals surface area contributed by atoms with Gasteiger partial charge in [-0.15, -0.1) is 0 Å². The second kappa shape index (κ2) is 5.16. The molecule has 0 aliphatic carbocycles. The van der Waals surface area contributed by atoms with Gasteiger partial charge in [-0.3, -0.25) is 14.9 Å². The lowest BCUT2D eigenvalue weighted by molar-refractivity contribution is -0.139. The van der Waals surface area contributed by atoms with Crippen molar-refractivity contribution < 1.29 is 9.59 Å². The molecule has 1 saturated heterocycles. The average molecular weight is 259 g/mol. The summed E-state index contributed by atoms with van der Waals surface area (Å²) in [6.07, 6.45) is 2.27. The molecule has 102 valence electrons. The fourth-order valence-corrected chi connectivity index (χ4v) is 3.25. The van der Waals surface area contributed by atoms with Crippen LogP contribution in [0.1, 0.15) is 50.2 Å². The zero-order valence-electron chi connectivity index (χ0n) is 11.8. The Morgan fingerprint density at radius 3 is 2.74 bits per heavy atom. The Kier molecular flexibility index (Phi) is 3.74. The molecule has 0 spiro atoms. The normalized spacial score (nSPS) is 27.2. The first-order valence-electron chi connectivity index (χ1n) is 6.86. The molecule has 1 aliphatic heterocycles. The standard InChI is InChI=1S/C16H21NO2/c1-4-8-16(3)10-13(18)17-15(19)14(16)12-7-5-6-11(2)9-12/h5-7,9,14H,4,8,10H2,1-3H3,(H,17,18,19). The van der Waals surface area contributed by atoms with E-state index in [1.165, 1.54) is 0 Å². The van der Waals surface area contributed by atoms with Gasteiger partial charge in [0.1, 0.15) is 0 Å². The molecule has 2 unspecified atom stereocenters. The molecule has 1 N–H and O–H groups in total. The summed E-state index contributed by atoms with van der Waals surface area (Å²) in [4.78, 5) is 24.0. The number of aryl methyl sites for hydroxylation is 1. The van der Waals surface area contributed by atoms with Crippen molar-refractivity contribution >= 4 is 11.8 Å². The molecule has 1 heterocycles. The van der Waals surface area contributed by atoms with Crippen LogP contribution in [-0.2, 0) is 9.59 Å². The second-order valence-electron chi connectivity index (χ2n) is 5.84. The van der Waals surface area contributed by atoms with Crippen LogP contribution < -0.4 is 5.32 Å². The van der Waals surface area contributed by atoms with Gasteiger partial charge in [0.05, 0.1) is 5.92 Å². The lowest BCUT2D eigenvalue weighted by Gasteiger charge is -2.40. The van der Waals surface area contributed by atoms with Crippen LogP contribution in [0.5, 0.6) is 0 Å². The zero-order valence-corrected chi connectivity index (χ0v) is 11.8. The second-order valence-corrected chi connectivity index (χ2v) is 5.84. The van der Waals surface area contributed by atoms with Gasteiger partial charge in [0.2, 0.25) is 11.8 Å². The van der Waals surface area contributed by atoms with Gasteiger partial charge in [-0.05, 0) is 24.3 Å². The first-order valence-corrected chi connectivity index (χ1v) is 6.86. The number of carbonyl (C=O) groups excluding carboxylic acids is 2. The van der Waals surface area contributed by atoms with Crippen LogP contribution in [0.2, 0.25) is 0 Å². The number of hydrogen-bond acceptors (Lipinski definition) is 2. The van der Waals surface area contributed by atoms with E-state index in [2.05, 4.69) is 19.2 Å². The van der Waals surface area contributed by atoms with Crippen molar-refractivity contribution in [1.29, 1.82) is 0 Å². The van der Waals surface area contributed by atoms with Crippen LogP contribution in [-0.4, -0.2) is 11.8 Å². The highest BCUT2D eigenvalue weighted by molar-refractivity contribution is 6.02. The maximum atomic E-state index is 12.3. The number of benzene rings is 1. The molecular formula is C16H21NO2. The molecule has 0 saturated carbocycles. The molecule has 19 heavy (non-hydrogen) atoms. The summed E-state index contributed by atoms with van der Waals surface area (Å²) in [5.74, 6) is -0.535. The molecule has 1 fully saturated rings. The third-order valence-electron chi connectivity index (χ3n) is 3.98. The SMILES string of the molecule is CCCC1(C)CC(=O)NC(=O)C1c1cccc(C)c1. The van der Waals surface area contributed by atoms with Crippen LogP contribution in [0.25, 0.3) is 0 Å². The quantitative estimate of drug-likeness (QED) is 0.848. The smallest absolute Gasteiger partial charge is 0.234 e. The molecule has 1 aliphatic rings. The summed E-state index contributed by atoms with van der Waals surface area (Å²) in [7, 11) is 0. The van der Waals surface area contributed by atoms with E-state index in [1.807, 2.05) is 31.2 Å². The number of amides is 2. The predicted octanol–water partition coefficient (Wildman–Crippen LogP) is 2.93. The Hall–Kier alpha value is -1.64. The van der Waals surface area contributed by atoms with Gasteiger partial charge in [-0.1, -0.05) is 50.1 Å². The highest BCUT2D eigenvalue weighted by Gasteiger charge is 2.45. The summed E-state index contributed by atoms with van der Waals surface area (Å²) in [6, 6.07) is 8.03. The Morgan fingerprint density at radius 2 is 2.11 bits per heavy atom. The Balaban J connectivity index is 2.43. The predicted molar refractivity (Wildman–Crippen MR) is 74.7 cm³/mol. The highest BCUT2D eigenvalue weighted by Crippen LogP contribution is 2.45. The fraction of sp³-hybridized carbons (Fsp3) is 0.500. The van der Waals surface area contributed by atoms with Crippen molar-refractivity contribution in [3.05, 3.63) is 35.4 Å². The minimum atomic E-state index is -0.276. The number of nitrogens with one attached hydrogen (secondary N) is 1. The highest BCUT2D eigenvalue weighted by atomic mass is 16.2. The van der Waals surface area contributed by atoms with E-state index in [1.54, 1.807) is 0 Å². The summed E-state index contributed by atoms with van der Waals surface area (Å²) < 4.78 is 0. The summed E-state index contributed by atoms with van der Waals surface area (Å²) in [5.41, 5.74) is 1.88. The number of hydrogen-bond donors (Lipinski definition) is 1. The van der Waals surface area contributed by atoms with Gasteiger partial charge >= 0.3 is 0 Å². The van der Waals surface area contributed by atoms with Crippen molar-refractivity contribution in [3.63, 3.8) is 0 Å². The molecule has 3 heteroatoms. The fourth-order valence-electron chi connectivity index (χ4n) is 3.25. The van der Waals surface area contributed by atoms with Crippen molar-refractivity contribution in [2.24, 2.45) is 5.41 Å². The largest absolute Gasteiger partial charge is 0.296 e. The third-order valence-corrected chi connectivity index (χ3v) is 3.98. The van der Waals surface area contributed by atoms with Gasteiger partial charge < -0.3 is 0 Å². The molecule has 1 aromatic carbocycles. The van der Waals surface area contributed by atoms with Crippen LogP contribution >= 0.6 is 0 Å². The van der Waals surface area contributed by atoms with E-state index in [-0.39, 0.29) is 23.1 Å². The van der Waals surface area contributed by atoms with Crippen molar-refractivity contribution in [1.82, 2.24) is 5.32 Å². The summed E-state index contributed by atoms with van der Waals surface area (Å²) in [6.45, 7) is 6.17. The van der Waals surface area contributed by atoms with E-state index < -0.39 is 0 Å². The molecule has 2 atom stereocenters. The molecular weight excluding hydrogens is 238 g/mol. The number of imide groups is 1. The summed E-state index contributed by atoms with van der Waals surface area (Å²) >= 11 is 0. The Bertz CT molecular complexity index is 509. The minimum Gasteiger partial charge on any atom is -0.296 e. The van der Waals surface area contributed by atoms with Gasteiger partial charge in [0.15, 0.2) is 0 Å². The van der Waals surface area contributed by atoms with E-state index in [9.17, 15) is 9.59 Å². The molecule has 0 bridgehead atoms. The van der Waals surface area contributed by atoms with Crippen LogP contribution in [0.4, 0.5) is 0 Å². The Morgan fingerprint density at radius 1 is 1.37 bits per heavy atom. The number of rotatable bonds is 3. The third kappa shape index (κ3) is 2.70. The lowest BCUT2D eigenvalue weighted by atomic mass is 9.66. The van der Waals surface area contributed by atoms with E-state index >= 15 is 0 Å². The minimum absolute atomic E-state index is 0.148. The van der Waals surface area contributed by atoms with Crippen LogP contribution in [0, 0.1) is 12.3 Å². The molecule has 1 aromatic rings.